The maximum absolute atomic E-state index is 13.0. The zero-order valence-corrected chi connectivity index (χ0v) is 14.4. The van der Waals surface area contributed by atoms with Gasteiger partial charge in [-0.3, -0.25) is 9.59 Å². The molecule has 0 bridgehead atoms. The Balaban J connectivity index is 1.45. The Morgan fingerprint density at radius 1 is 1.24 bits per heavy atom. The molecule has 3 heterocycles. The largest absolute Gasteiger partial charge is 0.472 e. The van der Waals surface area contributed by atoms with Crippen molar-refractivity contribution in [2.24, 2.45) is 5.41 Å². The summed E-state index contributed by atoms with van der Waals surface area (Å²) in [7, 11) is 0. The summed E-state index contributed by atoms with van der Waals surface area (Å²) < 4.78 is 5.00. The number of nitrogens with zero attached hydrogens (tertiary/aromatic N) is 2. The first-order chi connectivity index (χ1) is 12.1. The van der Waals surface area contributed by atoms with E-state index in [1.165, 1.54) is 18.1 Å². The van der Waals surface area contributed by atoms with Gasteiger partial charge >= 0.3 is 0 Å². The summed E-state index contributed by atoms with van der Waals surface area (Å²) in [5.41, 5.74) is 2.52. The molecule has 130 valence electrons. The number of hydrogen-bond acceptors (Lipinski definition) is 3. The fraction of sp³-hybridized carbons (Fsp3) is 0.400. The molecule has 4 rings (SSSR count). The highest BCUT2D eigenvalue weighted by Gasteiger charge is 2.51. The van der Waals surface area contributed by atoms with Gasteiger partial charge in [-0.25, -0.2) is 0 Å². The minimum atomic E-state index is -0.400. The molecule has 5 nitrogen and oxygen atoms in total. The van der Waals surface area contributed by atoms with Gasteiger partial charge in [-0.1, -0.05) is 29.8 Å². The molecule has 1 atom stereocenters. The van der Waals surface area contributed by atoms with E-state index in [1.54, 1.807) is 11.0 Å². The number of likely N-dealkylation sites (tertiary alicyclic amines) is 2. The molecule has 2 saturated heterocycles. The number of amides is 2. The lowest BCUT2D eigenvalue weighted by Gasteiger charge is -2.23. The van der Waals surface area contributed by atoms with Crippen LogP contribution < -0.4 is 0 Å². The van der Waals surface area contributed by atoms with Crippen LogP contribution in [-0.4, -0.2) is 41.2 Å². The Morgan fingerprint density at radius 3 is 2.84 bits per heavy atom. The molecular formula is C20H22N2O3. The van der Waals surface area contributed by atoms with E-state index in [0.717, 1.165) is 24.9 Å². The van der Waals surface area contributed by atoms with E-state index < -0.39 is 5.41 Å². The zero-order chi connectivity index (χ0) is 17.4. The number of carbonyl (C=O) groups excluding carboxylic acids is 2. The molecule has 2 aromatic rings. The first-order valence-electron chi connectivity index (χ1n) is 8.74. The Bertz CT molecular complexity index is 799. The first-order valence-corrected chi connectivity index (χ1v) is 8.74. The molecule has 25 heavy (non-hydrogen) atoms. The Morgan fingerprint density at radius 2 is 2.08 bits per heavy atom. The smallest absolute Gasteiger partial charge is 0.257 e. The molecule has 0 unspecified atom stereocenters. The number of rotatable bonds is 3. The highest BCUT2D eigenvalue weighted by atomic mass is 16.3. The maximum Gasteiger partial charge on any atom is 0.257 e. The van der Waals surface area contributed by atoms with Crippen LogP contribution in [0.25, 0.3) is 0 Å². The molecule has 2 aliphatic rings. The topological polar surface area (TPSA) is 53.8 Å². The number of furan rings is 1. The predicted molar refractivity (Wildman–Crippen MR) is 92.9 cm³/mol. The number of carbonyl (C=O) groups is 2. The lowest BCUT2D eigenvalue weighted by Crippen LogP contribution is -2.38. The molecule has 0 saturated carbocycles. The second kappa shape index (κ2) is 6.06. The van der Waals surface area contributed by atoms with E-state index in [1.807, 2.05) is 11.0 Å². The van der Waals surface area contributed by atoms with E-state index in [2.05, 4.69) is 25.1 Å². The highest BCUT2D eigenvalue weighted by molar-refractivity contribution is 5.95. The van der Waals surface area contributed by atoms with Crippen molar-refractivity contribution in [1.82, 2.24) is 9.80 Å². The lowest BCUT2D eigenvalue weighted by atomic mass is 9.85. The number of hydrogen-bond donors (Lipinski definition) is 0. The van der Waals surface area contributed by atoms with Crippen LogP contribution in [0.1, 0.15) is 34.3 Å². The van der Waals surface area contributed by atoms with Crippen LogP contribution in [0.2, 0.25) is 0 Å². The van der Waals surface area contributed by atoms with Crippen LogP contribution in [0.15, 0.2) is 47.3 Å². The van der Waals surface area contributed by atoms with E-state index in [0.29, 0.717) is 25.2 Å². The molecule has 2 amide bonds. The second-order valence-electron chi connectivity index (χ2n) is 7.23. The SMILES string of the molecule is Cc1cccc(CN2CC[C@]3(CCN(C(=O)c4ccoc4)C3)C2=O)c1. The number of aryl methyl sites for hydroxylation is 1. The van der Waals surface area contributed by atoms with Crippen molar-refractivity contribution in [1.29, 1.82) is 0 Å². The quantitative estimate of drug-likeness (QED) is 0.865. The van der Waals surface area contributed by atoms with Gasteiger partial charge in [0, 0.05) is 26.2 Å². The molecule has 0 N–H and O–H groups in total. The Kier molecular flexibility index (Phi) is 3.86. The molecule has 1 aromatic heterocycles. The third kappa shape index (κ3) is 2.84. The summed E-state index contributed by atoms with van der Waals surface area (Å²) in [6.07, 6.45) is 4.55. The van der Waals surface area contributed by atoms with Gasteiger partial charge in [-0.15, -0.1) is 0 Å². The van der Waals surface area contributed by atoms with E-state index >= 15 is 0 Å². The van der Waals surface area contributed by atoms with Crippen LogP contribution in [0.4, 0.5) is 0 Å². The molecule has 0 radical (unpaired) electrons. The van der Waals surface area contributed by atoms with Gasteiger partial charge in [0.2, 0.25) is 5.91 Å². The average molecular weight is 338 g/mol. The molecule has 1 aromatic carbocycles. The van der Waals surface area contributed by atoms with Crippen LogP contribution in [0.5, 0.6) is 0 Å². The summed E-state index contributed by atoms with van der Waals surface area (Å²) in [6, 6.07) is 9.96. The van der Waals surface area contributed by atoms with Gasteiger partial charge in [0.05, 0.1) is 17.2 Å². The third-order valence-electron chi connectivity index (χ3n) is 5.47. The van der Waals surface area contributed by atoms with Gasteiger partial charge in [0.1, 0.15) is 6.26 Å². The summed E-state index contributed by atoms with van der Waals surface area (Å²) in [5.74, 6) is 0.145. The average Bonchev–Trinajstić information content (AvgIpc) is 3.33. The Labute approximate surface area is 147 Å². The van der Waals surface area contributed by atoms with Crippen molar-refractivity contribution in [2.45, 2.75) is 26.3 Å². The Hall–Kier alpha value is -2.56. The second-order valence-corrected chi connectivity index (χ2v) is 7.23. The lowest BCUT2D eigenvalue weighted by molar-refractivity contribution is -0.135. The van der Waals surface area contributed by atoms with Gasteiger partial charge < -0.3 is 14.2 Å². The monoisotopic (exact) mass is 338 g/mol. The van der Waals surface area contributed by atoms with Gasteiger partial charge in [-0.2, -0.15) is 0 Å². The number of benzene rings is 1. The van der Waals surface area contributed by atoms with Crippen molar-refractivity contribution in [3.8, 4) is 0 Å². The van der Waals surface area contributed by atoms with Crippen molar-refractivity contribution in [2.75, 3.05) is 19.6 Å². The van der Waals surface area contributed by atoms with Crippen molar-refractivity contribution in [3.63, 3.8) is 0 Å². The molecule has 0 aliphatic carbocycles. The van der Waals surface area contributed by atoms with E-state index in [4.69, 9.17) is 4.42 Å². The summed E-state index contributed by atoms with van der Waals surface area (Å²) in [5, 5.41) is 0. The molecule has 1 spiro atoms. The first kappa shape index (κ1) is 15.9. The summed E-state index contributed by atoms with van der Waals surface area (Å²) in [6.45, 7) is 4.62. The van der Waals surface area contributed by atoms with Crippen molar-refractivity contribution >= 4 is 11.8 Å². The van der Waals surface area contributed by atoms with E-state index in [-0.39, 0.29) is 11.8 Å². The molecule has 2 fully saturated rings. The van der Waals surface area contributed by atoms with E-state index in [9.17, 15) is 9.59 Å². The predicted octanol–water partition coefficient (Wildman–Crippen LogP) is 2.85. The molecule has 5 heteroatoms. The molecular weight excluding hydrogens is 316 g/mol. The van der Waals surface area contributed by atoms with Crippen LogP contribution in [-0.2, 0) is 11.3 Å². The van der Waals surface area contributed by atoms with Gasteiger partial charge in [-0.05, 0) is 31.4 Å². The normalized spacial score (nSPS) is 23.0. The summed E-state index contributed by atoms with van der Waals surface area (Å²) in [4.78, 5) is 29.3. The van der Waals surface area contributed by atoms with Gasteiger partial charge in [0.25, 0.3) is 5.91 Å². The zero-order valence-electron chi connectivity index (χ0n) is 14.4. The van der Waals surface area contributed by atoms with Crippen LogP contribution in [0, 0.1) is 12.3 Å². The third-order valence-corrected chi connectivity index (χ3v) is 5.47. The minimum absolute atomic E-state index is 0.0458. The fourth-order valence-corrected chi connectivity index (χ4v) is 4.07. The van der Waals surface area contributed by atoms with Crippen LogP contribution >= 0.6 is 0 Å². The summed E-state index contributed by atoms with van der Waals surface area (Å²) >= 11 is 0. The standard InChI is InChI=1S/C20H22N2O3/c1-15-3-2-4-16(11-15)12-21-8-6-20(19(21)24)7-9-22(14-20)18(23)17-5-10-25-13-17/h2-5,10-11,13H,6-9,12,14H2,1H3/t20-/m1/s1. The van der Waals surface area contributed by atoms with Crippen LogP contribution in [0.3, 0.4) is 0 Å². The minimum Gasteiger partial charge on any atom is -0.472 e. The fourth-order valence-electron chi connectivity index (χ4n) is 4.07. The highest BCUT2D eigenvalue weighted by Crippen LogP contribution is 2.41. The van der Waals surface area contributed by atoms with Crippen molar-refractivity contribution in [3.05, 3.63) is 59.5 Å². The van der Waals surface area contributed by atoms with Crippen molar-refractivity contribution < 1.29 is 14.0 Å². The molecule has 2 aliphatic heterocycles. The van der Waals surface area contributed by atoms with Gasteiger partial charge in [0.15, 0.2) is 0 Å². The maximum atomic E-state index is 13.0.